The molecule has 84 valence electrons. The van der Waals surface area contributed by atoms with E-state index in [2.05, 4.69) is 0 Å². The molecule has 2 rings (SSSR count). The maximum atomic E-state index is 5.96. The van der Waals surface area contributed by atoms with Crippen molar-refractivity contribution in [3.05, 3.63) is 77.1 Å². The van der Waals surface area contributed by atoms with Crippen molar-refractivity contribution >= 4 is 0 Å². The summed E-state index contributed by atoms with van der Waals surface area (Å²) in [5.41, 5.74) is 0. The van der Waals surface area contributed by atoms with Crippen molar-refractivity contribution in [1.82, 2.24) is 0 Å². The maximum Gasteiger partial charge on any atom is 2.00 e. The van der Waals surface area contributed by atoms with Crippen LogP contribution in [0.2, 0.25) is 0 Å². The molecular weight excluding hydrogens is 283 g/mol. The fourth-order valence-electron chi connectivity index (χ4n) is 0.642. The first-order valence-electron chi connectivity index (χ1n) is 4.83. The minimum atomic E-state index is 0. The predicted molar refractivity (Wildman–Crippen MR) is 68.6 cm³/mol. The van der Waals surface area contributed by atoms with E-state index >= 15 is 0 Å². The molecule has 10 radical (unpaired) electrons. The van der Waals surface area contributed by atoms with Gasteiger partial charge in [-0.3, -0.25) is 0 Å². The van der Waals surface area contributed by atoms with E-state index in [4.69, 9.17) is 12.8 Å². The molecule has 0 unspecified atom stereocenters. The smallest absolute Gasteiger partial charge is 0.694 e. The Morgan fingerprint density at radius 3 is 0.647 bits per heavy atom. The average molecular weight is 300 g/mol. The second-order valence-electron chi connectivity index (χ2n) is 2.42. The van der Waals surface area contributed by atoms with E-state index in [1.165, 1.54) is 0 Å². The Morgan fingerprint density at radius 1 is 0.529 bits per heavy atom. The van der Waals surface area contributed by atoms with E-state index in [0.29, 0.717) is 0 Å². The normalized spacial score (nSPS) is 15.1. The Kier molecular flexibility index (Phi) is 32.7. The summed E-state index contributed by atoms with van der Waals surface area (Å²) in [6.45, 7) is 3.08. The van der Waals surface area contributed by atoms with E-state index in [1.54, 1.807) is 13.8 Å². The molecule has 2 aliphatic carbocycles. The largest absolute Gasteiger partial charge is 2.00 e. The van der Waals surface area contributed by atoms with Gasteiger partial charge < -0.3 is 24.7 Å². The van der Waals surface area contributed by atoms with E-state index < -0.39 is 0 Å². The third-order valence-corrected chi connectivity index (χ3v) is 1.11. The zero-order valence-corrected chi connectivity index (χ0v) is 12.7. The van der Waals surface area contributed by atoms with Crippen molar-refractivity contribution in [3.63, 3.8) is 0 Å². The molecule has 0 N–H and O–H groups in total. The van der Waals surface area contributed by atoms with Crippen LogP contribution in [0.5, 0.6) is 0 Å². The number of hydrogen-bond acceptors (Lipinski definition) is 0. The van der Waals surface area contributed by atoms with Gasteiger partial charge in [0, 0.05) is 0 Å². The molecular formula is C16H16Zr. The van der Waals surface area contributed by atoms with Gasteiger partial charge in [-0.25, -0.2) is 0 Å². The molecule has 0 atom stereocenters. The topological polar surface area (TPSA) is 0 Å². The first kappa shape index (κ1) is 22.2. The molecule has 2 fully saturated rings. The van der Waals surface area contributed by atoms with Crippen LogP contribution in [-0.4, -0.2) is 0 Å². The summed E-state index contributed by atoms with van der Waals surface area (Å²) in [5.74, 6) is 4.00. The van der Waals surface area contributed by atoms with Crippen LogP contribution < -0.4 is 0 Å². The quantitative estimate of drug-likeness (QED) is 0.476. The zero-order chi connectivity index (χ0) is 12.5. The Labute approximate surface area is 128 Å². The van der Waals surface area contributed by atoms with Crippen LogP contribution in [-0.2, 0) is 26.2 Å². The van der Waals surface area contributed by atoms with Crippen LogP contribution in [0.25, 0.3) is 0 Å². The molecule has 0 amide bonds. The second-order valence-corrected chi connectivity index (χ2v) is 2.42. The van der Waals surface area contributed by atoms with Gasteiger partial charge in [0.2, 0.25) is 0 Å². The summed E-state index contributed by atoms with van der Waals surface area (Å²) in [5, 5.41) is 0. The Morgan fingerprint density at radius 2 is 0.588 bits per heavy atom. The first-order valence-corrected chi connectivity index (χ1v) is 4.83. The molecule has 0 heterocycles. The molecule has 0 saturated heterocycles. The van der Waals surface area contributed by atoms with Crippen LogP contribution in [0.3, 0.4) is 0 Å². The van der Waals surface area contributed by atoms with Crippen LogP contribution in [0.4, 0.5) is 0 Å². The van der Waals surface area contributed by atoms with Crippen molar-refractivity contribution in [2.24, 2.45) is 0 Å². The van der Waals surface area contributed by atoms with Gasteiger partial charge in [-0.15, -0.1) is 0 Å². The number of hydrogen-bond donors (Lipinski definition) is 0. The summed E-state index contributed by atoms with van der Waals surface area (Å²) in [4.78, 5) is 0. The van der Waals surface area contributed by atoms with Gasteiger partial charge in [0.1, 0.15) is 0 Å². The first-order chi connectivity index (χ1) is 7.83. The average Bonchev–Trinajstić information content (AvgIpc) is 3.00. The fraction of sp³-hybridized carbons (Fsp3) is 0.125. The molecule has 17 heavy (non-hydrogen) atoms. The van der Waals surface area contributed by atoms with Crippen molar-refractivity contribution in [2.45, 2.75) is 13.8 Å². The van der Waals surface area contributed by atoms with Crippen LogP contribution in [0, 0.1) is 88.9 Å². The summed E-state index contributed by atoms with van der Waals surface area (Å²) >= 11 is 0. The second kappa shape index (κ2) is 25.0. The summed E-state index contributed by atoms with van der Waals surface area (Å²) < 4.78 is 0. The molecule has 2 saturated carbocycles. The summed E-state index contributed by atoms with van der Waals surface area (Å²) in [7, 11) is 0. The third kappa shape index (κ3) is 31.4. The molecule has 0 aromatic rings. The zero-order valence-electron chi connectivity index (χ0n) is 10.3. The Balaban J connectivity index is -0.000000157. The standard InChI is InChI=1S/2C5H5.2C3H3.Zr/c2*1-2-4-5-3-1;2*1-3-2;/h2*1-5H;2*1H3;/q;;2*-1;+2. The van der Waals surface area contributed by atoms with Gasteiger partial charge >= 0.3 is 26.2 Å². The molecule has 0 spiro atoms. The van der Waals surface area contributed by atoms with Crippen LogP contribution in [0.15, 0.2) is 0 Å². The van der Waals surface area contributed by atoms with E-state index in [9.17, 15) is 0 Å². The van der Waals surface area contributed by atoms with E-state index in [0.717, 1.165) is 0 Å². The monoisotopic (exact) mass is 298 g/mol. The van der Waals surface area contributed by atoms with E-state index in [1.807, 2.05) is 76.0 Å². The Hall–Kier alpha value is 0.00312. The van der Waals surface area contributed by atoms with E-state index in [-0.39, 0.29) is 26.2 Å². The molecule has 0 aromatic carbocycles. The molecule has 0 nitrogen and oxygen atoms in total. The van der Waals surface area contributed by atoms with Gasteiger partial charge in [0.05, 0.1) is 0 Å². The fourth-order valence-corrected chi connectivity index (χ4v) is 0.642. The maximum absolute atomic E-state index is 5.96. The van der Waals surface area contributed by atoms with Crippen LogP contribution in [0.1, 0.15) is 13.8 Å². The van der Waals surface area contributed by atoms with Crippen molar-refractivity contribution in [3.8, 4) is 11.8 Å². The molecule has 2 aliphatic rings. The molecule has 1 heteroatoms. The van der Waals surface area contributed by atoms with Gasteiger partial charge in [0.25, 0.3) is 0 Å². The van der Waals surface area contributed by atoms with Crippen LogP contribution >= 0.6 is 0 Å². The van der Waals surface area contributed by atoms with Crippen molar-refractivity contribution < 1.29 is 26.2 Å². The summed E-state index contributed by atoms with van der Waals surface area (Å²) in [6, 6.07) is 0. The minimum absolute atomic E-state index is 0. The van der Waals surface area contributed by atoms with Gasteiger partial charge in [-0.2, -0.15) is 0 Å². The minimum Gasteiger partial charge on any atom is -0.694 e. The Bertz CT molecular complexity index is 137. The third-order valence-electron chi connectivity index (χ3n) is 1.11. The van der Waals surface area contributed by atoms with Gasteiger partial charge in [-0.1, -0.05) is 0 Å². The number of rotatable bonds is 0. The molecule has 0 bridgehead atoms. The van der Waals surface area contributed by atoms with Gasteiger partial charge in [0.15, 0.2) is 0 Å². The summed E-state index contributed by atoms with van der Waals surface area (Å²) in [6.07, 6.45) is 31.9. The van der Waals surface area contributed by atoms with Crippen molar-refractivity contribution in [2.75, 3.05) is 0 Å². The molecule has 0 aliphatic heterocycles. The van der Waals surface area contributed by atoms with Crippen molar-refractivity contribution in [1.29, 1.82) is 0 Å². The SMILES string of the molecule is [C-]#CC.[C-]#CC.[CH]1[CH][CH][CH][CH]1.[CH]1[CH][CH][CH][CH]1.[Zr+2]. The predicted octanol–water partition coefficient (Wildman–Crippen LogP) is 3.23. The molecule has 0 aromatic heterocycles. The van der Waals surface area contributed by atoms with Gasteiger partial charge in [-0.05, 0) is 78.1 Å².